The van der Waals surface area contributed by atoms with Crippen molar-refractivity contribution in [2.75, 3.05) is 31.1 Å². The minimum Gasteiger partial charge on any atom is -0.369 e. The summed E-state index contributed by atoms with van der Waals surface area (Å²) in [6.07, 6.45) is 0. The predicted octanol–water partition coefficient (Wildman–Crippen LogP) is 2.63. The first-order valence-electron chi connectivity index (χ1n) is 8.02. The van der Waals surface area contributed by atoms with E-state index in [0.29, 0.717) is 23.7 Å². The molecule has 0 spiro atoms. The summed E-state index contributed by atoms with van der Waals surface area (Å²) in [7, 11) is -3.81. The van der Waals surface area contributed by atoms with Gasteiger partial charge in [0, 0.05) is 44.0 Å². The van der Waals surface area contributed by atoms with Gasteiger partial charge in [0.25, 0.3) is 5.69 Å². The lowest BCUT2D eigenvalue weighted by Crippen LogP contribution is -2.48. The van der Waals surface area contributed by atoms with Crippen molar-refractivity contribution in [2.45, 2.75) is 4.90 Å². The molecular weight excluding hydrogens is 392 g/mol. The quantitative estimate of drug-likeness (QED) is 0.570. The number of nitriles is 1. The molecule has 8 nitrogen and oxygen atoms in total. The highest BCUT2D eigenvalue weighted by Crippen LogP contribution is 2.26. The van der Waals surface area contributed by atoms with Gasteiger partial charge in [-0.05, 0) is 24.3 Å². The van der Waals surface area contributed by atoms with Crippen LogP contribution in [0.15, 0.2) is 47.4 Å². The lowest BCUT2D eigenvalue weighted by atomic mass is 10.2. The average Bonchev–Trinajstić information content (AvgIpc) is 2.68. The molecule has 0 unspecified atom stereocenters. The summed E-state index contributed by atoms with van der Waals surface area (Å²) < 4.78 is 26.9. The van der Waals surface area contributed by atoms with E-state index in [1.54, 1.807) is 18.2 Å². The molecule has 1 saturated heterocycles. The molecule has 0 saturated carbocycles. The molecule has 1 aliphatic rings. The number of rotatable bonds is 4. The van der Waals surface area contributed by atoms with Gasteiger partial charge in [0.1, 0.15) is 6.07 Å². The molecule has 1 heterocycles. The molecule has 10 heteroatoms. The largest absolute Gasteiger partial charge is 0.369 e. The summed E-state index contributed by atoms with van der Waals surface area (Å²) in [6, 6.07) is 12.1. The van der Waals surface area contributed by atoms with Crippen molar-refractivity contribution in [1.82, 2.24) is 4.31 Å². The van der Waals surface area contributed by atoms with Gasteiger partial charge in [-0.1, -0.05) is 17.7 Å². The zero-order chi connectivity index (χ0) is 19.6. The van der Waals surface area contributed by atoms with Crippen molar-refractivity contribution in [3.05, 3.63) is 63.2 Å². The monoisotopic (exact) mass is 406 g/mol. The highest BCUT2D eigenvalue weighted by molar-refractivity contribution is 7.89. The van der Waals surface area contributed by atoms with Gasteiger partial charge in [-0.15, -0.1) is 0 Å². The van der Waals surface area contributed by atoms with Crippen molar-refractivity contribution in [2.24, 2.45) is 0 Å². The number of hydrogen-bond donors (Lipinski definition) is 0. The third-order valence-corrected chi connectivity index (χ3v) is 6.55. The number of nitro benzene ring substituents is 1. The summed E-state index contributed by atoms with van der Waals surface area (Å²) in [5.41, 5.74) is 0.931. The Labute approximate surface area is 161 Å². The normalized spacial score (nSPS) is 15.3. The van der Waals surface area contributed by atoms with Crippen LogP contribution in [0, 0.1) is 21.4 Å². The van der Waals surface area contributed by atoms with E-state index in [4.69, 9.17) is 16.9 Å². The molecule has 0 bridgehead atoms. The second-order valence-corrected chi connectivity index (χ2v) is 8.27. The fourth-order valence-electron chi connectivity index (χ4n) is 2.88. The summed E-state index contributed by atoms with van der Waals surface area (Å²) in [6.45, 7) is 1.36. The fraction of sp³-hybridized carbons (Fsp3) is 0.235. The number of hydrogen-bond acceptors (Lipinski definition) is 6. The highest BCUT2D eigenvalue weighted by atomic mass is 35.5. The van der Waals surface area contributed by atoms with E-state index in [9.17, 15) is 18.5 Å². The molecule has 140 valence electrons. The van der Waals surface area contributed by atoms with Crippen molar-refractivity contribution in [3.63, 3.8) is 0 Å². The van der Waals surface area contributed by atoms with Crippen LogP contribution in [0.3, 0.4) is 0 Å². The SMILES string of the molecule is N#Cc1ccc(N2CCN(S(=O)(=O)c3cccc([N+](=O)[O-])c3)CC2)cc1Cl. The summed E-state index contributed by atoms with van der Waals surface area (Å²) in [5, 5.41) is 20.2. The van der Waals surface area contributed by atoms with Gasteiger partial charge in [0.15, 0.2) is 0 Å². The minimum absolute atomic E-state index is 0.0911. The molecule has 0 atom stereocenters. The first-order valence-corrected chi connectivity index (χ1v) is 9.84. The Morgan fingerprint density at radius 3 is 2.41 bits per heavy atom. The second kappa shape index (κ2) is 7.52. The van der Waals surface area contributed by atoms with Crippen LogP contribution in [0.25, 0.3) is 0 Å². The van der Waals surface area contributed by atoms with Gasteiger partial charge in [0.2, 0.25) is 10.0 Å². The first-order chi connectivity index (χ1) is 12.8. The molecule has 1 aliphatic heterocycles. The zero-order valence-corrected chi connectivity index (χ0v) is 15.7. The molecule has 0 radical (unpaired) electrons. The van der Waals surface area contributed by atoms with Crippen LogP contribution in [0.5, 0.6) is 0 Å². The third kappa shape index (κ3) is 3.88. The molecule has 0 aromatic heterocycles. The molecule has 0 amide bonds. The number of benzene rings is 2. The maximum absolute atomic E-state index is 12.8. The van der Waals surface area contributed by atoms with Crippen LogP contribution in [-0.2, 0) is 10.0 Å². The van der Waals surface area contributed by atoms with E-state index >= 15 is 0 Å². The number of nitrogens with zero attached hydrogens (tertiary/aromatic N) is 4. The van der Waals surface area contributed by atoms with Crippen LogP contribution in [0.4, 0.5) is 11.4 Å². The summed E-state index contributed by atoms with van der Waals surface area (Å²) >= 11 is 6.06. The average molecular weight is 407 g/mol. The van der Waals surface area contributed by atoms with E-state index in [0.717, 1.165) is 11.8 Å². The fourth-order valence-corrected chi connectivity index (χ4v) is 4.56. The Kier molecular flexibility index (Phi) is 5.32. The van der Waals surface area contributed by atoms with Crippen LogP contribution >= 0.6 is 11.6 Å². The molecule has 3 rings (SSSR count). The Morgan fingerprint density at radius 2 is 1.81 bits per heavy atom. The number of anilines is 1. The predicted molar refractivity (Wildman–Crippen MR) is 100 cm³/mol. The minimum atomic E-state index is -3.81. The number of non-ortho nitro benzene ring substituents is 1. The maximum Gasteiger partial charge on any atom is 0.270 e. The topological polar surface area (TPSA) is 108 Å². The van der Waals surface area contributed by atoms with Gasteiger partial charge in [-0.2, -0.15) is 9.57 Å². The third-order valence-electron chi connectivity index (χ3n) is 4.34. The molecule has 2 aromatic carbocycles. The molecule has 1 fully saturated rings. The van der Waals surface area contributed by atoms with E-state index in [2.05, 4.69) is 0 Å². The van der Waals surface area contributed by atoms with Crippen molar-refractivity contribution < 1.29 is 13.3 Å². The van der Waals surface area contributed by atoms with Crippen molar-refractivity contribution in [3.8, 4) is 6.07 Å². The lowest BCUT2D eigenvalue weighted by molar-refractivity contribution is -0.385. The number of sulfonamides is 1. The summed E-state index contributed by atoms with van der Waals surface area (Å²) in [4.78, 5) is 12.2. The van der Waals surface area contributed by atoms with E-state index < -0.39 is 14.9 Å². The van der Waals surface area contributed by atoms with Gasteiger partial charge in [-0.25, -0.2) is 8.42 Å². The Morgan fingerprint density at radius 1 is 1.11 bits per heavy atom. The maximum atomic E-state index is 12.8. The van der Waals surface area contributed by atoms with Crippen molar-refractivity contribution in [1.29, 1.82) is 5.26 Å². The number of piperazine rings is 1. The van der Waals surface area contributed by atoms with Crippen LogP contribution in [0.2, 0.25) is 5.02 Å². The number of nitro groups is 1. The molecule has 2 aromatic rings. The van der Waals surface area contributed by atoms with E-state index in [-0.39, 0.29) is 23.7 Å². The highest BCUT2D eigenvalue weighted by Gasteiger charge is 2.29. The standard InChI is InChI=1S/C17H15ClN4O4S/c18-17-11-14(5-4-13(17)12-19)20-6-8-21(9-7-20)27(25,26)16-3-1-2-15(10-16)22(23)24/h1-5,10-11H,6-9H2. The smallest absolute Gasteiger partial charge is 0.270 e. The van der Waals surface area contributed by atoms with Gasteiger partial charge in [-0.3, -0.25) is 10.1 Å². The Hall–Kier alpha value is -2.67. The van der Waals surface area contributed by atoms with Gasteiger partial charge >= 0.3 is 0 Å². The van der Waals surface area contributed by atoms with Crippen LogP contribution < -0.4 is 4.90 Å². The Bertz CT molecular complexity index is 1030. The Balaban J connectivity index is 1.75. The van der Waals surface area contributed by atoms with Gasteiger partial charge in [0.05, 0.1) is 20.4 Å². The van der Waals surface area contributed by atoms with Crippen LogP contribution in [0.1, 0.15) is 5.56 Å². The van der Waals surface area contributed by atoms with Crippen LogP contribution in [-0.4, -0.2) is 43.8 Å². The second-order valence-electron chi connectivity index (χ2n) is 5.92. The first kappa shape index (κ1) is 19.1. The van der Waals surface area contributed by atoms with Gasteiger partial charge < -0.3 is 4.90 Å². The lowest BCUT2D eigenvalue weighted by Gasteiger charge is -2.35. The van der Waals surface area contributed by atoms with E-state index in [1.807, 2.05) is 11.0 Å². The molecule has 0 N–H and O–H groups in total. The molecular formula is C17H15ClN4O4S. The molecule has 0 aliphatic carbocycles. The van der Waals surface area contributed by atoms with E-state index in [1.165, 1.54) is 22.5 Å². The molecule has 27 heavy (non-hydrogen) atoms. The van der Waals surface area contributed by atoms with Crippen molar-refractivity contribution >= 4 is 33.0 Å². The summed E-state index contributed by atoms with van der Waals surface area (Å²) in [5.74, 6) is 0. The number of halogens is 1. The zero-order valence-electron chi connectivity index (χ0n) is 14.1.